The summed E-state index contributed by atoms with van der Waals surface area (Å²) in [6.07, 6.45) is 5.30. The maximum Gasteiger partial charge on any atom is 0.331 e. The SMILES string of the molecule is CC(=O)c1cccc(OC(=O)CN2C(=O)C3C4C=CC(C5CC45)C3C2=O)c1. The lowest BCUT2D eigenvalue weighted by Crippen LogP contribution is -2.40. The topological polar surface area (TPSA) is 80.8 Å². The van der Waals surface area contributed by atoms with Crippen LogP contribution in [0.1, 0.15) is 23.7 Å². The number of likely N-dealkylation sites (tertiary alicyclic amines) is 1. The van der Waals surface area contributed by atoms with E-state index >= 15 is 0 Å². The quantitative estimate of drug-likeness (QED) is 0.267. The molecule has 2 saturated carbocycles. The zero-order valence-corrected chi connectivity index (χ0v) is 14.8. The standard InChI is InChI=1S/C21H19NO5/c1-10(23)11-3-2-4-12(7-11)27-17(24)9-22-20(25)18-13-5-6-14(16-8-15(13)16)19(18)21(22)26/h2-7,13-16,18-19H,8-9H2,1H3. The third-order valence-electron chi connectivity index (χ3n) is 6.51. The van der Waals surface area contributed by atoms with Crippen LogP contribution in [-0.4, -0.2) is 35.0 Å². The van der Waals surface area contributed by atoms with Crippen molar-refractivity contribution in [1.82, 2.24) is 4.90 Å². The van der Waals surface area contributed by atoms with Crippen LogP contribution in [0.5, 0.6) is 5.75 Å². The minimum Gasteiger partial charge on any atom is -0.425 e. The third-order valence-corrected chi connectivity index (χ3v) is 6.51. The molecule has 2 bridgehead atoms. The van der Waals surface area contributed by atoms with Crippen molar-refractivity contribution in [2.75, 3.05) is 6.54 Å². The summed E-state index contributed by atoms with van der Waals surface area (Å²) in [5.41, 5.74) is 0.432. The molecule has 0 aromatic heterocycles. The minimum absolute atomic E-state index is 0.134. The number of allylic oxidation sites excluding steroid dienone is 2. The van der Waals surface area contributed by atoms with Gasteiger partial charge >= 0.3 is 5.97 Å². The first-order valence-corrected chi connectivity index (χ1v) is 9.31. The predicted molar refractivity (Wildman–Crippen MR) is 93.5 cm³/mol. The highest BCUT2D eigenvalue weighted by Crippen LogP contribution is 2.65. The van der Waals surface area contributed by atoms with E-state index in [1.807, 2.05) is 0 Å². The van der Waals surface area contributed by atoms with Gasteiger partial charge < -0.3 is 4.74 Å². The Kier molecular flexibility index (Phi) is 3.41. The summed E-state index contributed by atoms with van der Waals surface area (Å²) >= 11 is 0. The Labute approximate surface area is 156 Å². The maximum atomic E-state index is 12.9. The van der Waals surface area contributed by atoms with Gasteiger partial charge in [-0.15, -0.1) is 0 Å². The number of nitrogens with zero attached hydrogens (tertiary/aromatic N) is 1. The lowest BCUT2D eigenvalue weighted by atomic mass is 9.63. The average Bonchev–Trinajstić information content (AvgIpc) is 3.43. The molecule has 138 valence electrons. The van der Waals surface area contributed by atoms with Crippen molar-refractivity contribution >= 4 is 23.6 Å². The molecule has 0 N–H and O–H groups in total. The molecule has 0 spiro atoms. The van der Waals surface area contributed by atoms with Crippen LogP contribution in [0.15, 0.2) is 36.4 Å². The first kappa shape index (κ1) is 16.4. The second kappa shape index (κ2) is 5.62. The molecule has 6 atom stereocenters. The molecule has 6 rings (SSSR count). The van der Waals surface area contributed by atoms with Crippen LogP contribution in [0.25, 0.3) is 0 Å². The van der Waals surface area contributed by atoms with Gasteiger partial charge in [-0.05, 0) is 49.1 Å². The first-order chi connectivity index (χ1) is 13.0. The Balaban J connectivity index is 1.31. The molecule has 6 heteroatoms. The molecule has 1 aromatic carbocycles. The number of hydrogen-bond acceptors (Lipinski definition) is 5. The highest BCUT2D eigenvalue weighted by molar-refractivity contribution is 6.08. The number of amides is 2. The van der Waals surface area contributed by atoms with E-state index in [0.29, 0.717) is 17.4 Å². The number of ketones is 1. The van der Waals surface area contributed by atoms with Crippen molar-refractivity contribution < 1.29 is 23.9 Å². The van der Waals surface area contributed by atoms with E-state index < -0.39 is 5.97 Å². The van der Waals surface area contributed by atoms with Crippen LogP contribution in [-0.2, 0) is 14.4 Å². The summed E-state index contributed by atoms with van der Waals surface area (Å²) < 4.78 is 5.26. The maximum absolute atomic E-state index is 12.9. The van der Waals surface area contributed by atoms with E-state index in [4.69, 9.17) is 4.74 Å². The molecule has 1 saturated heterocycles. The number of rotatable bonds is 4. The van der Waals surface area contributed by atoms with E-state index in [-0.39, 0.29) is 53.6 Å². The van der Waals surface area contributed by atoms with Gasteiger partial charge in [0.05, 0.1) is 11.8 Å². The van der Waals surface area contributed by atoms with Gasteiger partial charge in [-0.1, -0.05) is 24.3 Å². The summed E-state index contributed by atoms with van der Waals surface area (Å²) in [6, 6.07) is 6.29. The van der Waals surface area contributed by atoms with Gasteiger partial charge in [0.1, 0.15) is 12.3 Å². The molecular formula is C21H19NO5. The molecule has 3 fully saturated rings. The number of carbonyl (C=O) groups excluding carboxylic acids is 4. The molecule has 6 nitrogen and oxygen atoms in total. The van der Waals surface area contributed by atoms with Crippen molar-refractivity contribution in [2.45, 2.75) is 13.3 Å². The highest BCUT2D eigenvalue weighted by Gasteiger charge is 2.67. The molecule has 5 aliphatic rings. The number of ether oxygens (including phenoxy) is 1. The van der Waals surface area contributed by atoms with Crippen molar-refractivity contribution in [2.24, 2.45) is 35.5 Å². The summed E-state index contributed by atoms with van der Waals surface area (Å²) in [5.74, 6) is -0.386. The van der Waals surface area contributed by atoms with Crippen LogP contribution in [0.3, 0.4) is 0 Å². The largest absolute Gasteiger partial charge is 0.425 e. The normalized spacial score (nSPS) is 35.1. The van der Waals surface area contributed by atoms with E-state index in [0.717, 1.165) is 11.3 Å². The first-order valence-electron chi connectivity index (χ1n) is 9.31. The lowest BCUT2D eigenvalue weighted by molar-refractivity contribution is -0.148. The fraction of sp³-hybridized carbons (Fsp3) is 0.429. The van der Waals surface area contributed by atoms with Crippen molar-refractivity contribution in [3.05, 3.63) is 42.0 Å². The summed E-state index contributed by atoms with van der Waals surface area (Å²) in [6.45, 7) is 1.04. The van der Waals surface area contributed by atoms with E-state index in [2.05, 4.69) is 12.2 Å². The summed E-state index contributed by atoms with van der Waals surface area (Å²) in [5, 5.41) is 0. The van der Waals surface area contributed by atoms with Gasteiger partial charge in [-0.3, -0.25) is 19.3 Å². The van der Waals surface area contributed by atoms with E-state index in [9.17, 15) is 19.2 Å². The van der Waals surface area contributed by atoms with Gasteiger partial charge in [0.2, 0.25) is 11.8 Å². The molecule has 6 unspecified atom stereocenters. The predicted octanol–water partition coefficient (Wildman–Crippen LogP) is 1.85. The Morgan fingerprint density at radius 1 is 1.07 bits per heavy atom. The van der Waals surface area contributed by atoms with E-state index in [1.54, 1.807) is 18.2 Å². The molecule has 2 amide bonds. The molecule has 1 aliphatic heterocycles. The Hall–Kier alpha value is -2.76. The number of benzene rings is 1. The van der Waals surface area contributed by atoms with Gasteiger partial charge in [0.25, 0.3) is 0 Å². The van der Waals surface area contributed by atoms with Crippen LogP contribution in [0.2, 0.25) is 0 Å². The van der Waals surface area contributed by atoms with Gasteiger partial charge in [-0.2, -0.15) is 0 Å². The fourth-order valence-electron chi connectivity index (χ4n) is 5.25. The second-order valence-corrected chi connectivity index (χ2v) is 7.98. The lowest BCUT2D eigenvalue weighted by Gasteiger charge is -2.37. The minimum atomic E-state index is -0.679. The van der Waals surface area contributed by atoms with Crippen LogP contribution >= 0.6 is 0 Å². The molecule has 4 aliphatic carbocycles. The van der Waals surface area contributed by atoms with Gasteiger partial charge in [-0.25, -0.2) is 4.79 Å². The second-order valence-electron chi connectivity index (χ2n) is 7.98. The fourth-order valence-corrected chi connectivity index (χ4v) is 5.25. The number of imide groups is 1. The van der Waals surface area contributed by atoms with Crippen LogP contribution in [0.4, 0.5) is 0 Å². The zero-order chi connectivity index (χ0) is 18.9. The Morgan fingerprint density at radius 2 is 1.70 bits per heavy atom. The smallest absolute Gasteiger partial charge is 0.331 e. The van der Waals surface area contributed by atoms with Crippen LogP contribution in [0, 0.1) is 35.5 Å². The Bertz CT molecular complexity index is 883. The van der Waals surface area contributed by atoms with Crippen molar-refractivity contribution in [3.63, 3.8) is 0 Å². The monoisotopic (exact) mass is 365 g/mol. The summed E-state index contributed by atoms with van der Waals surface area (Å²) in [7, 11) is 0. The number of esters is 1. The Morgan fingerprint density at radius 3 is 2.30 bits per heavy atom. The molecule has 1 heterocycles. The van der Waals surface area contributed by atoms with Crippen molar-refractivity contribution in [3.8, 4) is 5.75 Å². The van der Waals surface area contributed by atoms with Crippen LogP contribution < -0.4 is 4.74 Å². The molecule has 0 radical (unpaired) electrons. The molecule has 27 heavy (non-hydrogen) atoms. The molecular weight excluding hydrogens is 346 g/mol. The van der Waals surface area contributed by atoms with Crippen molar-refractivity contribution in [1.29, 1.82) is 0 Å². The number of hydrogen-bond donors (Lipinski definition) is 0. The van der Waals surface area contributed by atoms with Gasteiger partial charge in [0.15, 0.2) is 5.78 Å². The summed E-state index contributed by atoms with van der Waals surface area (Å²) in [4.78, 5) is 50.6. The average molecular weight is 365 g/mol. The molecule has 1 aromatic rings. The highest BCUT2D eigenvalue weighted by atomic mass is 16.5. The zero-order valence-electron chi connectivity index (χ0n) is 14.8. The van der Waals surface area contributed by atoms with Gasteiger partial charge in [0, 0.05) is 5.56 Å². The number of carbonyl (C=O) groups is 4. The third kappa shape index (κ3) is 2.39. The van der Waals surface area contributed by atoms with E-state index in [1.165, 1.54) is 13.0 Å². The number of Topliss-reactive ketones (excluding diaryl/α,β-unsaturated/α-hetero) is 1.